The lowest BCUT2D eigenvalue weighted by Gasteiger charge is -2.36. The van der Waals surface area contributed by atoms with Gasteiger partial charge in [-0.3, -0.25) is 0 Å². The fraction of sp³-hybridized carbons (Fsp3) is 0.500. The van der Waals surface area contributed by atoms with E-state index < -0.39 is 0 Å². The highest BCUT2D eigenvalue weighted by molar-refractivity contribution is 5.91. The number of aryl methyl sites for hydroxylation is 3. The number of benzene rings is 7. The Bertz CT molecular complexity index is 3610. The van der Waals surface area contributed by atoms with Crippen molar-refractivity contribution in [2.75, 3.05) is 0 Å². The van der Waals surface area contributed by atoms with Gasteiger partial charge in [-0.05, 0) is 250 Å². The number of esters is 1. The number of carbonyl (C=O) groups excluding carboxylic acids is 1. The highest BCUT2D eigenvalue weighted by atomic mass is 16.5. The van der Waals surface area contributed by atoms with E-state index in [1.165, 1.54) is 276 Å². The summed E-state index contributed by atoms with van der Waals surface area (Å²) in [6.07, 6.45) is 49.6. The van der Waals surface area contributed by atoms with Crippen molar-refractivity contribution in [3.05, 3.63) is 220 Å². The Morgan fingerprint density at radius 1 is 0.330 bits per heavy atom. The maximum atomic E-state index is 12.1. The van der Waals surface area contributed by atoms with E-state index in [1.807, 2.05) is 78.9 Å². The molecule has 103 heavy (non-hydrogen) atoms. The fourth-order valence-electron chi connectivity index (χ4n) is 15.0. The molecule has 0 spiro atoms. The molecule has 544 valence electrons. The van der Waals surface area contributed by atoms with E-state index in [1.54, 1.807) is 36.4 Å². The molecule has 10 rings (SSSR count). The van der Waals surface area contributed by atoms with Crippen molar-refractivity contribution in [2.45, 2.75) is 278 Å². The number of unbranched alkanes of at least 4 members (excludes halogenated alkanes) is 15. The molecule has 3 aliphatic carbocycles. The molecule has 0 aromatic heterocycles. The van der Waals surface area contributed by atoms with Crippen molar-refractivity contribution >= 4 is 5.97 Å². The summed E-state index contributed by atoms with van der Waals surface area (Å²) in [5.41, 5.74) is 13.5. The number of nitrogens with zero attached hydrogens (tertiary/aromatic N) is 5. The van der Waals surface area contributed by atoms with Crippen molar-refractivity contribution in [2.24, 2.45) is 29.6 Å². The van der Waals surface area contributed by atoms with Gasteiger partial charge in [0.25, 0.3) is 0 Å². The van der Waals surface area contributed by atoms with Gasteiger partial charge in [-0.25, -0.2) is 4.79 Å². The summed E-state index contributed by atoms with van der Waals surface area (Å²) in [5, 5.41) is 44.2. The number of nitriles is 5. The summed E-state index contributed by atoms with van der Waals surface area (Å²) >= 11 is 0. The lowest BCUT2D eigenvalue weighted by atomic mass is 9.69. The van der Waals surface area contributed by atoms with Gasteiger partial charge in [0.2, 0.25) is 0 Å². The van der Waals surface area contributed by atoms with Gasteiger partial charge in [0.1, 0.15) is 5.75 Å². The average molecular weight is 1380 g/mol. The number of carbonyl (C=O) groups is 1. The van der Waals surface area contributed by atoms with E-state index in [4.69, 9.17) is 31.0 Å². The van der Waals surface area contributed by atoms with Crippen molar-refractivity contribution < 1.29 is 9.53 Å². The summed E-state index contributed by atoms with van der Waals surface area (Å²) < 4.78 is 5.29. The Kier molecular flexibility index (Phi) is 41.1. The van der Waals surface area contributed by atoms with Crippen LogP contribution in [0.5, 0.6) is 5.75 Å². The molecular weight excluding hydrogens is 1260 g/mol. The summed E-state index contributed by atoms with van der Waals surface area (Å²) in [5.74, 6) is 5.14. The van der Waals surface area contributed by atoms with Gasteiger partial charge in [0.15, 0.2) is 0 Å². The lowest BCUT2D eigenvalue weighted by molar-refractivity contribution is 0.0734. The first-order chi connectivity index (χ1) is 50.5. The van der Waals surface area contributed by atoms with Gasteiger partial charge < -0.3 is 4.74 Å². The molecule has 7 aromatic rings. The van der Waals surface area contributed by atoms with E-state index in [0.717, 1.165) is 41.6 Å². The lowest BCUT2D eigenvalue weighted by Crippen LogP contribution is -2.25. The molecular formula is C96H123N5O2. The third kappa shape index (κ3) is 32.3. The van der Waals surface area contributed by atoms with Crippen LogP contribution in [-0.4, -0.2) is 5.97 Å². The zero-order valence-corrected chi connectivity index (χ0v) is 63.8. The van der Waals surface area contributed by atoms with Crippen LogP contribution in [0.1, 0.15) is 314 Å². The Hall–Kier alpha value is -8.54. The highest BCUT2D eigenvalue weighted by Crippen LogP contribution is 2.43. The van der Waals surface area contributed by atoms with Gasteiger partial charge in [-0.1, -0.05) is 267 Å². The van der Waals surface area contributed by atoms with Gasteiger partial charge in [0, 0.05) is 5.92 Å². The topological polar surface area (TPSA) is 145 Å². The molecule has 0 saturated heterocycles. The highest BCUT2D eigenvalue weighted by Gasteiger charge is 2.31. The maximum Gasteiger partial charge on any atom is 0.343 e. The minimum atomic E-state index is -0.384. The molecule has 0 heterocycles. The molecule has 7 aromatic carbocycles. The second-order valence-corrected chi connectivity index (χ2v) is 29.6. The van der Waals surface area contributed by atoms with E-state index >= 15 is 0 Å². The zero-order chi connectivity index (χ0) is 73.3. The van der Waals surface area contributed by atoms with Gasteiger partial charge in [0.05, 0.1) is 58.2 Å². The molecule has 0 bridgehead atoms. The molecule has 7 heteroatoms. The largest absolute Gasteiger partial charge is 0.423 e. The van der Waals surface area contributed by atoms with E-state index in [-0.39, 0.29) is 5.97 Å². The number of hydrogen-bond acceptors (Lipinski definition) is 7. The number of ether oxygens (including phenoxy) is 1. The summed E-state index contributed by atoms with van der Waals surface area (Å²) in [7, 11) is 0. The van der Waals surface area contributed by atoms with Crippen LogP contribution >= 0.6 is 0 Å². The van der Waals surface area contributed by atoms with Gasteiger partial charge in [-0.15, -0.1) is 0 Å². The first kappa shape index (κ1) is 83.4. The average Bonchev–Trinajstić information content (AvgIpc) is 1.05. The van der Waals surface area contributed by atoms with Crippen molar-refractivity contribution in [1.82, 2.24) is 0 Å². The number of rotatable bonds is 31. The standard InChI is InChI=1S/C21H25N.C19H19NO2.C19H33N.C19H27N.C18H19N/c1-2-3-4-5-6-7-8-18-9-13-20(14-10-18)21-15-11-19(17-22)12-16-21;1-2-3-4-5-15-6-10-17(11-7-15)19(21)22-18-12-8-16(14-20)9-13-18;2*1-2-3-4-5-6-16-7-11-18(12-8-16)19-13-9-17(15-20)10-14-19;1-2-3-4-5-15-6-10-17(11-7-15)18-12-8-16(14-19)9-13-18/h9-16H,2-8H2,1H3;6-13H,2-5H2,1H3;16-19H,2-14H2,1H3;9-10,13-14,16,18H,2-8,11-12H2,1H3;6-13H,2-5H2,1H3. The molecule has 3 fully saturated rings. The first-order valence-electron chi connectivity index (χ1n) is 40.5. The molecule has 0 atom stereocenters. The van der Waals surface area contributed by atoms with Crippen molar-refractivity contribution in [3.8, 4) is 58.3 Å². The number of hydrogen-bond donors (Lipinski definition) is 0. The molecule has 7 nitrogen and oxygen atoms in total. The van der Waals surface area contributed by atoms with Crippen LogP contribution in [0.4, 0.5) is 0 Å². The van der Waals surface area contributed by atoms with Crippen LogP contribution in [0.25, 0.3) is 22.3 Å². The predicted octanol–water partition coefficient (Wildman–Crippen LogP) is 27.5. The summed E-state index contributed by atoms with van der Waals surface area (Å²) in [6, 6.07) is 66.4. The van der Waals surface area contributed by atoms with Crippen LogP contribution in [0.2, 0.25) is 0 Å². The minimum absolute atomic E-state index is 0.376. The van der Waals surface area contributed by atoms with Crippen LogP contribution < -0.4 is 4.74 Å². The van der Waals surface area contributed by atoms with Crippen LogP contribution in [0.3, 0.4) is 0 Å². The normalized spacial score (nSPS) is 17.3. The zero-order valence-electron chi connectivity index (χ0n) is 63.8. The molecule has 0 radical (unpaired) electrons. The third-order valence-corrected chi connectivity index (χ3v) is 21.7. The molecule has 3 saturated carbocycles. The predicted molar refractivity (Wildman–Crippen MR) is 429 cm³/mol. The first-order valence-corrected chi connectivity index (χ1v) is 40.5. The van der Waals surface area contributed by atoms with E-state index in [9.17, 15) is 4.79 Å². The Labute approximate surface area is 624 Å². The SMILES string of the molecule is CCCCCCC1CCC(C2CCC(C#N)CC2)CC1.CCCCCCC1CCC(c2ccc(C#N)cc2)CC1.CCCCCCCCc1ccc(-c2ccc(C#N)cc2)cc1.CCCCCc1ccc(-c2ccc(C#N)cc2)cc1.CCCCCc1ccc(C(=O)Oc2ccc(C#N)cc2)cc1. The third-order valence-electron chi connectivity index (χ3n) is 21.7. The van der Waals surface area contributed by atoms with E-state index in [2.05, 4.69) is 120 Å². The van der Waals surface area contributed by atoms with E-state index in [0.29, 0.717) is 33.9 Å². The molecule has 0 N–H and O–H groups in total. The second kappa shape index (κ2) is 50.8. The Morgan fingerprint density at radius 2 is 0.631 bits per heavy atom. The Balaban J connectivity index is 0.000000202. The van der Waals surface area contributed by atoms with Crippen molar-refractivity contribution in [1.29, 1.82) is 26.3 Å². The van der Waals surface area contributed by atoms with Crippen LogP contribution in [-0.2, 0) is 19.3 Å². The minimum Gasteiger partial charge on any atom is -0.423 e. The molecule has 0 aliphatic heterocycles. The molecule has 0 unspecified atom stereocenters. The Morgan fingerprint density at radius 3 is 1.01 bits per heavy atom. The summed E-state index contributed by atoms with van der Waals surface area (Å²) in [4.78, 5) is 12.1. The smallest absolute Gasteiger partial charge is 0.343 e. The quantitative estimate of drug-likeness (QED) is 0.0239. The van der Waals surface area contributed by atoms with Crippen LogP contribution in [0, 0.1) is 86.2 Å². The second-order valence-electron chi connectivity index (χ2n) is 29.6. The van der Waals surface area contributed by atoms with Crippen molar-refractivity contribution in [3.63, 3.8) is 0 Å². The van der Waals surface area contributed by atoms with Gasteiger partial charge in [-0.2, -0.15) is 26.3 Å². The maximum absolute atomic E-state index is 12.1. The summed E-state index contributed by atoms with van der Waals surface area (Å²) in [6.45, 7) is 11.3. The van der Waals surface area contributed by atoms with Crippen LogP contribution in [0.15, 0.2) is 170 Å². The molecule has 3 aliphatic rings. The van der Waals surface area contributed by atoms with Gasteiger partial charge >= 0.3 is 5.97 Å². The monoisotopic (exact) mass is 1380 g/mol. The fourth-order valence-corrected chi connectivity index (χ4v) is 15.0. The molecule has 0 amide bonds.